The van der Waals surface area contributed by atoms with Crippen molar-refractivity contribution in [3.05, 3.63) is 47.9 Å². The Morgan fingerprint density at radius 3 is 2.62 bits per heavy atom. The van der Waals surface area contributed by atoms with Crippen LogP contribution in [0.1, 0.15) is 30.1 Å². The van der Waals surface area contributed by atoms with Crippen LogP contribution in [0, 0.1) is 0 Å². The molecule has 2 aromatic rings. The summed E-state index contributed by atoms with van der Waals surface area (Å²) in [6.07, 6.45) is 5.33. The van der Waals surface area contributed by atoms with Gasteiger partial charge in [-0.2, -0.15) is 0 Å². The lowest BCUT2D eigenvalue weighted by molar-refractivity contribution is 0.414. The molecule has 0 saturated heterocycles. The Balaban J connectivity index is 1.60. The van der Waals surface area contributed by atoms with Crippen molar-refractivity contribution in [3.8, 4) is 5.75 Å². The quantitative estimate of drug-likeness (QED) is 0.816. The zero-order valence-corrected chi connectivity index (χ0v) is 12.6. The molecule has 0 bridgehead atoms. The topological polar surface area (TPSA) is 38.2 Å². The lowest BCUT2D eigenvalue weighted by atomic mass is 10.1. The summed E-state index contributed by atoms with van der Waals surface area (Å²) in [4.78, 5) is 11.2. The molecule has 21 heavy (non-hydrogen) atoms. The van der Waals surface area contributed by atoms with Crippen LogP contribution >= 0.6 is 0 Å². The predicted octanol–water partition coefficient (Wildman–Crippen LogP) is 3.04. The molecular formula is C17H21N3O. The van der Waals surface area contributed by atoms with Crippen LogP contribution in [0.25, 0.3) is 0 Å². The van der Waals surface area contributed by atoms with E-state index in [-0.39, 0.29) is 0 Å². The molecule has 3 rings (SSSR count). The van der Waals surface area contributed by atoms with Gasteiger partial charge in [0.15, 0.2) is 0 Å². The summed E-state index contributed by atoms with van der Waals surface area (Å²) >= 11 is 0. The second-order valence-electron chi connectivity index (χ2n) is 5.57. The van der Waals surface area contributed by atoms with Crippen molar-refractivity contribution in [1.82, 2.24) is 9.97 Å². The maximum absolute atomic E-state index is 5.18. The molecule has 0 atom stereocenters. The van der Waals surface area contributed by atoms with E-state index in [0.717, 1.165) is 30.4 Å². The lowest BCUT2D eigenvalue weighted by Gasteiger charge is -2.18. The average molecular weight is 283 g/mol. The first-order valence-electron chi connectivity index (χ1n) is 7.43. The van der Waals surface area contributed by atoms with E-state index in [9.17, 15) is 0 Å². The molecule has 1 aromatic carbocycles. The number of benzene rings is 1. The Kier molecular flexibility index (Phi) is 4.04. The summed E-state index contributed by atoms with van der Waals surface area (Å²) in [7, 11) is 3.78. The number of ether oxygens (including phenoxy) is 1. The fourth-order valence-corrected chi connectivity index (χ4v) is 2.32. The van der Waals surface area contributed by atoms with E-state index in [1.807, 2.05) is 24.4 Å². The SMILES string of the molecule is COc1ccc(CCN(C)c2ccnc(C3CC3)n2)cc1. The highest BCUT2D eigenvalue weighted by molar-refractivity contribution is 5.37. The maximum atomic E-state index is 5.18. The van der Waals surface area contributed by atoms with Gasteiger partial charge in [0.2, 0.25) is 0 Å². The molecule has 1 aromatic heterocycles. The van der Waals surface area contributed by atoms with Gasteiger partial charge in [-0.15, -0.1) is 0 Å². The van der Waals surface area contributed by atoms with Gasteiger partial charge < -0.3 is 9.64 Å². The Hall–Kier alpha value is -2.10. The summed E-state index contributed by atoms with van der Waals surface area (Å²) in [6.45, 7) is 0.938. The number of nitrogens with zero attached hydrogens (tertiary/aromatic N) is 3. The number of anilines is 1. The van der Waals surface area contributed by atoms with E-state index in [0.29, 0.717) is 5.92 Å². The Morgan fingerprint density at radius 2 is 1.95 bits per heavy atom. The first-order valence-corrected chi connectivity index (χ1v) is 7.43. The molecule has 1 aliphatic rings. The van der Waals surface area contributed by atoms with E-state index >= 15 is 0 Å². The van der Waals surface area contributed by atoms with Gasteiger partial charge >= 0.3 is 0 Å². The monoisotopic (exact) mass is 283 g/mol. The second kappa shape index (κ2) is 6.12. The smallest absolute Gasteiger partial charge is 0.133 e. The highest BCUT2D eigenvalue weighted by Crippen LogP contribution is 2.38. The van der Waals surface area contributed by atoms with E-state index in [4.69, 9.17) is 4.74 Å². The molecule has 1 fully saturated rings. The van der Waals surface area contributed by atoms with Crippen LogP contribution < -0.4 is 9.64 Å². The molecule has 1 aliphatic carbocycles. The van der Waals surface area contributed by atoms with Gasteiger partial charge in [-0.1, -0.05) is 12.1 Å². The van der Waals surface area contributed by atoms with Gasteiger partial charge in [0.05, 0.1) is 7.11 Å². The molecule has 0 aliphatic heterocycles. The first-order chi connectivity index (χ1) is 10.3. The van der Waals surface area contributed by atoms with E-state index in [1.165, 1.54) is 18.4 Å². The van der Waals surface area contributed by atoms with Crippen LogP contribution in [0.15, 0.2) is 36.5 Å². The number of methoxy groups -OCH3 is 1. The molecule has 110 valence electrons. The van der Waals surface area contributed by atoms with Crippen molar-refractivity contribution in [2.75, 3.05) is 25.6 Å². The van der Waals surface area contributed by atoms with E-state index < -0.39 is 0 Å². The largest absolute Gasteiger partial charge is 0.497 e. The molecule has 1 heterocycles. The van der Waals surface area contributed by atoms with Crippen molar-refractivity contribution in [1.29, 1.82) is 0 Å². The zero-order valence-electron chi connectivity index (χ0n) is 12.6. The molecule has 0 unspecified atom stereocenters. The fourth-order valence-electron chi connectivity index (χ4n) is 2.32. The second-order valence-corrected chi connectivity index (χ2v) is 5.57. The third-order valence-electron chi connectivity index (χ3n) is 3.89. The minimum Gasteiger partial charge on any atom is -0.497 e. The molecule has 4 nitrogen and oxygen atoms in total. The van der Waals surface area contributed by atoms with Crippen LogP contribution in [0.3, 0.4) is 0 Å². The van der Waals surface area contributed by atoms with Gasteiger partial charge in [0.25, 0.3) is 0 Å². The lowest BCUT2D eigenvalue weighted by Crippen LogP contribution is -2.21. The van der Waals surface area contributed by atoms with Gasteiger partial charge in [-0.05, 0) is 43.0 Å². The van der Waals surface area contributed by atoms with Gasteiger partial charge in [0.1, 0.15) is 17.4 Å². The van der Waals surface area contributed by atoms with Crippen molar-refractivity contribution < 1.29 is 4.74 Å². The Morgan fingerprint density at radius 1 is 1.19 bits per heavy atom. The molecular weight excluding hydrogens is 262 g/mol. The summed E-state index contributed by atoms with van der Waals surface area (Å²) in [5, 5.41) is 0. The van der Waals surface area contributed by atoms with Gasteiger partial charge in [0, 0.05) is 25.7 Å². The Labute approximate surface area is 125 Å². The van der Waals surface area contributed by atoms with Crippen LogP contribution in [-0.2, 0) is 6.42 Å². The van der Waals surface area contributed by atoms with E-state index in [2.05, 4.69) is 34.0 Å². The molecule has 1 saturated carbocycles. The van der Waals surface area contributed by atoms with Gasteiger partial charge in [-0.25, -0.2) is 9.97 Å². The first kappa shape index (κ1) is 13.9. The predicted molar refractivity (Wildman–Crippen MR) is 84.0 cm³/mol. The van der Waals surface area contributed by atoms with Crippen molar-refractivity contribution in [2.45, 2.75) is 25.2 Å². The third kappa shape index (κ3) is 3.51. The van der Waals surface area contributed by atoms with Crippen molar-refractivity contribution in [2.24, 2.45) is 0 Å². The number of rotatable bonds is 6. The maximum Gasteiger partial charge on any atom is 0.133 e. The van der Waals surface area contributed by atoms with Crippen molar-refractivity contribution in [3.63, 3.8) is 0 Å². The van der Waals surface area contributed by atoms with Crippen LogP contribution in [0.4, 0.5) is 5.82 Å². The van der Waals surface area contributed by atoms with Crippen LogP contribution in [-0.4, -0.2) is 30.7 Å². The van der Waals surface area contributed by atoms with Crippen molar-refractivity contribution >= 4 is 5.82 Å². The fraction of sp³-hybridized carbons (Fsp3) is 0.412. The third-order valence-corrected chi connectivity index (χ3v) is 3.89. The summed E-state index contributed by atoms with van der Waals surface area (Å²) < 4.78 is 5.18. The Bertz CT molecular complexity index is 593. The molecule has 0 amide bonds. The summed E-state index contributed by atoms with van der Waals surface area (Å²) in [5.41, 5.74) is 1.30. The molecule has 4 heteroatoms. The van der Waals surface area contributed by atoms with E-state index in [1.54, 1.807) is 7.11 Å². The number of aromatic nitrogens is 2. The highest BCUT2D eigenvalue weighted by atomic mass is 16.5. The summed E-state index contributed by atoms with van der Waals surface area (Å²) in [6, 6.07) is 10.2. The normalized spacial score (nSPS) is 14.0. The molecule has 0 N–H and O–H groups in total. The summed E-state index contributed by atoms with van der Waals surface area (Å²) in [5.74, 6) is 3.51. The minimum atomic E-state index is 0.597. The number of hydrogen-bond acceptors (Lipinski definition) is 4. The van der Waals surface area contributed by atoms with Crippen LogP contribution in [0.5, 0.6) is 5.75 Å². The van der Waals surface area contributed by atoms with Crippen LogP contribution in [0.2, 0.25) is 0 Å². The zero-order chi connectivity index (χ0) is 14.7. The average Bonchev–Trinajstić information content (AvgIpc) is 3.38. The van der Waals surface area contributed by atoms with Gasteiger partial charge in [-0.3, -0.25) is 0 Å². The molecule has 0 radical (unpaired) electrons. The minimum absolute atomic E-state index is 0.597. The highest BCUT2D eigenvalue weighted by Gasteiger charge is 2.26. The standard InChI is InChI=1S/C17H21N3O/c1-20(12-10-13-3-7-15(21-2)8-4-13)16-9-11-18-17(19-16)14-5-6-14/h3-4,7-9,11,14H,5-6,10,12H2,1-2H3. The molecule has 0 spiro atoms. The number of likely N-dealkylation sites (N-methyl/N-ethyl adjacent to an activating group) is 1. The number of hydrogen-bond donors (Lipinski definition) is 0.